The summed E-state index contributed by atoms with van der Waals surface area (Å²) in [6.45, 7) is 1.86. The predicted molar refractivity (Wildman–Crippen MR) is 51.7 cm³/mol. The van der Waals surface area contributed by atoms with E-state index in [4.69, 9.17) is 10.4 Å². The van der Waals surface area contributed by atoms with E-state index >= 15 is 0 Å². The molecule has 1 fully saturated rings. The van der Waals surface area contributed by atoms with E-state index in [0.717, 1.165) is 32.4 Å². The normalized spacial score (nSPS) is 22.1. The molecular formula is C10H16N2O2. The van der Waals surface area contributed by atoms with Crippen LogP contribution in [0.5, 0.6) is 0 Å². The minimum absolute atomic E-state index is 0.200. The van der Waals surface area contributed by atoms with E-state index in [2.05, 4.69) is 11.0 Å². The van der Waals surface area contributed by atoms with Crippen molar-refractivity contribution in [1.82, 2.24) is 4.90 Å². The Hall–Kier alpha value is -1.08. The molecule has 1 rings (SSSR count). The first-order chi connectivity index (χ1) is 6.74. The first-order valence-corrected chi connectivity index (χ1v) is 5.07. The molecule has 0 aliphatic carbocycles. The molecule has 1 aliphatic rings. The van der Waals surface area contributed by atoms with Crippen LogP contribution >= 0.6 is 0 Å². The summed E-state index contributed by atoms with van der Waals surface area (Å²) in [6, 6.07) is 2.30. The number of carbonyl (C=O) groups is 1. The van der Waals surface area contributed by atoms with Gasteiger partial charge in [0.15, 0.2) is 0 Å². The van der Waals surface area contributed by atoms with Crippen molar-refractivity contribution in [2.24, 2.45) is 0 Å². The maximum absolute atomic E-state index is 10.6. The lowest BCUT2D eigenvalue weighted by Crippen LogP contribution is -2.32. The highest BCUT2D eigenvalue weighted by molar-refractivity contribution is 5.67. The summed E-state index contributed by atoms with van der Waals surface area (Å²) in [7, 11) is 0. The summed E-state index contributed by atoms with van der Waals surface area (Å²) >= 11 is 0. The zero-order valence-electron chi connectivity index (χ0n) is 8.28. The van der Waals surface area contributed by atoms with Crippen LogP contribution in [-0.2, 0) is 4.79 Å². The van der Waals surface area contributed by atoms with E-state index in [1.165, 1.54) is 0 Å². The number of hydrogen-bond acceptors (Lipinski definition) is 3. The van der Waals surface area contributed by atoms with Crippen LogP contribution < -0.4 is 0 Å². The minimum Gasteiger partial charge on any atom is -0.481 e. The fourth-order valence-corrected chi connectivity index (χ4v) is 1.98. The number of rotatable bonds is 5. The third-order valence-electron chi connectivity index (χ3n) is 2.64. The summed E-state index contributed by atoms with van der Waals surface area (Å²) in [6.07, 6.45) is 3.73. The predicted octanol–water partition coefficient (Wildman–Crippen LogP) is 1.23. The highest BCUT2D eigenvalue weighted by atomic mass is 16.4. The number of carboxylic acids is 1. The molecule has 1 N–H and O–H groups in total. The van der Waals surface area contributed by atoms with Gasteiger partial charge in [-0.1, -0.05) is 0 Å². The van der Waals surface area contributed by atoms with Crippen LogP contribution in [0.15, 0.2) is 0 Å². The topological polar surface area (TPSA) is 64.3 Å². The van der Waals surface area contributed by atoms with Crippen LogP contribution in [0, 0.1) is 11.3 Å². The average Bonchev–Trinajstić information content (AvgIpc) is 2.52. The molecule has 4 heteroatoms. The Morgan fingerprint density at radius 2 is 2.43 bits per heavy atom. The van der Waals surface area contributed by atoms with Gasteiger partial charge in [-0.2, -0.15) is 5.26 Å². The van der Waals surface area contributed by atoms with Crippen LogP contribution in [0.25, 0.3) is 0 Å². The maximum Gasteiger partial charge on any atom is 0.304 e. The van der Waals surface area contributed by atoms with Crippen molar-refractivity contribution in [2.45, 2.75) is 38.1 Å². The lowest BCUT2D eigenvalue weighted by molar-refractivity contribution is -0.138. The van der Waals surface area contributed by atoms with E-state index in [-0.39, 0.29) is 12.5 Å². The van der Waals surface area contributed by atoms with Gasteiger partial charge in [0.05, 0.1) is 12.5 Å². The zero-order valence-corrected chi connectivity index (χ0v) is 8.28. The number of nitriles is 1. The van der Waals surface area contributed by atoms with Gasteiger partial charge in [-0.3, -0.25) is 9.69 Å². The van der Waals surface area contributed by atoms with Crippen molar-refractivity contribution in [2.75, 3.05) is 13.1 Å². The first-order valence-electron chi connectivity index (χ1n) is 5.07. The van der Waals surface area contributed by atoms with Gasteiger partial charge >= 0.3 is 5.97 Å². The maximum atomic E-state index is 10.6. The van der Waals surface area contributed by atoms with Crippen molar-refractivity contribution in [3.05, 3.63) is 0 Å². The molecule has 0 aromatic carbocycles. The van der Waals surface area contributed by atoms with E-state index in [9.17, 15) is 4.79 Å². The van der Waals surface area contributed by atoms with Crippen molar-refractivity contribution in [1.29, 1.82) is 5.26 Å². The zero-order chi connectivity index (χ0) is 10.4. The van der Waals surface area contributed by atoms with Crippen LogP contribution in [0.3, 0.4) is 0 Å². The Morgan fingerprint density at radius 1 is 1.64 bits per heavy atom. The summed E-state index contributed by atoms with van der Waals surface area (Å²) in [5.41, 5.74) is 0. The molecule has 1 unspecified atom stereocenters. The minimum atomic E-state index is -0.720. The molecular weight excluding hydrogens is 180 g/mol. The second kappa shape index (κ2) is 5.61. The quantitative estimate of drug-likeness (QED) is 0.672. The summed E-state index contributed by atoms with van der Waals surface area (Å²) in [5.74, 6) is -0.720. The van der Waals surface area contributed by atoms with Crippen molar-refractivity contribution < 1.29 is 9.90 Å². The smallest absolute Gasteiger partial charge is 0.304 e. The van der Waals surface area contributed by atoms with Crippen molar-refractivity contribution in [3.63, 3.8) is 0 Å². The average molecular weight is 196 g/mol. The van der Waals surface area contributed by atoms with Crippen LogP contribution in [0.4, 0.5) is 0 Å². The number of carboxylic acid groups (broad SMARTS) is 1. The van der Waals surface area contributed by atoms with Gasteiger partial charge in [0, 0.05) is 12.5 Å². The number of unbranched alkanes of at least 4 members (excludes halogenated alkanes) is 1. The molecule has 14 heavy (non-hydrogen) atoms. The molecule has 0 saturated carbocycles. The van der Waals surface area contributed by atoms with Gasteiger partial charge in [0.25, 0.3) is 0 Å². The number of hydrogen-bond donors (Lipinski definition) is 1. The Labute approximate surface area is 84.1 Å². The van der Waals surface area contributed by atoms with Crippen LogP contribution in [-0.4, -0.2) is 35.1 Å². The van der Waals surface area contributed by atoms with Gasteiger partial charge in [0.2, 0.25) is 0 Å². The van der Waals surface area contributed by atoms with Gasteiger partial charge in [-0.15, -0.1) is 0 Å². The van der Waals surface area contributed by atoms with Gasteiger partial charge in [0.1, 0.15) is 0 Å². The summed E-state index contributed by atoms with van der Waals surface area (Å²) in [5, 5.41) is 17.1. The molecule has 0 bridgehead atoms. The molecule has 1 heterocycles. The second-order valence-corrected chi connectivity index (χ2v) is 3.69. The fourth-order valence-electron chi connectivity index (χ4n) is 1.98. The van der Waals surface area contributed by atoms with Crippen LogP contribution in [0.1, 0.15) is 32.1 Å². The molecule has 4 nitrogen and oxygen atoms in total. The highest BCUT2D eigenvalue weighted by Gasteiger charge is 2.25. The molecule has 0 amide bonds. The Balaban J connectivity index is 2.28. The van der Waals surface area contributed by atoms with Crippen LogP contribution in [0.2, 0.25) is 0 Å². The van der Waals surface area contributed by atoms with Crippen molar-refractivity contribution in [3.8, 4) is 6.07 Å². The highest BCUT2D eigenvalue weighted by Crippen LogP contribution is 2.20. The van der Waals surface area contributed by atoms with E-state index < -0.39 is 5.97 Å². The van der Waals surface area contributed by atoms with E-state index in [0.29, 0.717) is 6.42 Å². The number of aliphatic carboxylic acids is 1. The molecule has 78 valence electrons. The largest absolute Gasteiger partial charge is 0.481 e. The number of nitrogens with zero attached hydrogens (tertiary/aromatic N) is 2. The van der Waals surface area contributed by atoms with E-state index in [1.807, 2.05) is 0 Å². The lowest BCUT2D eigenvalue weighted by atomic mass is 10.1. The monoisotopic (exact) mass is 196 g/mol. The fraction of sp³-hybridized carbons (Fsp3) is 0.800. The first kappa shape index (κ1) is 11.0. The van der Waals surface area contributed by atoms with Gasteiger partial charge in [-0.25, -0.2) is 0 Å². The Kier molecular flexibility index (Phi) is 4.41. The molecule has 1 aliphatic heterocycles. The second-order valence-electron chi connectivity index (χ2n) is 3.69. The number of likely N-dealkylation sites (tertiary alicyclic amines) is 1. The van der Waals surface area contributed by atoms with Gasteiger partial charge in [-0.05, 0) is 32.4 Å². The molecule has 0 spiro atoms. The van der Waals surface area contributed by atoms with Crippen molar-refractivity contribution >= 4 is 5.97 Å². The standard InChI is InChI=1S/C10H16N2O2/c11-5-1-2-6-12-7-3-4-9(12)8-10(13)14/h9H,1-4,6-8H2,(H,13,14). The third kappa shape index (κ3) is 3.35. The Bertz CT molecular complexity index is 235. The Morgan fingerprint density at radius 3 is 3.07 bits per heavy atom. The molecule has 0 aromatic heterocycles. The SMILES string of the molecule is N#CCCCN1CCCC1CC(=O)O. The molecule has 0 radical (unpaired) electrons. The third-order valence-corrected chi connectivity index (χ3v) is 2.64. The molecule has 0 aromatic rings. The molecule has 1 saturated heterocycles. The van der Waals surface area contributed by atoms with E-state index in [1.54, 1.807) is 0 Å². The summed E-state index contributed by atoms with van der Waals surface area (Å²) < 4.78 is 0. The summed E-state index contributed by atoms with van der Waals surface area (Å²) in [4.78, 5) is 12.8. The molecule has 1 atom stereocenters. The lowest BCUT2D eigenvalue weighted by Gasteiger charge is -2.22. The van der Waals surface area contributed by atoms with Gasteiger partial charge < -0.3 is 5.11 Å².